The molecule has 0 aromatic heterocycles. The monoisotopic (exact) mass is 560 g/mol. The van der Waals surface area contributed by atoms with Crippen molar-refractivity contribution in [2.45, 2.75) is 36.8 Å². The average Bonchev–Trinajstić information content (AvgIpc) is 3.55. The number of hydrogen-bond acceptors (Lipinski definition) is 4. The standard InChI is InChI=1S/C36H36N2O4/c1-41-31-17-13-27(14-18-31)25-37-23-21-35(33(37)39,29-9-5-3-6-10-29)36(30-11-7-4-8-12-30)22-24-38(34(36)40)26-28-15-19-32(42-2)20-16-28/h3-20H,21-26H2,1-2H3/t35-,36-/m1/s1. The summed E-state index contributed by atoms with van der Waals surface area (Å²) in [6.45, 7) is 2.10. The maximum Gasteiger partial charge on any atom is 0.235 e. The second-order valence-electron chi connectivity index (χ2n) is 11.2. The van der Waals surface area contributed by atoms with E-state index in [1.165, 1.54) is 0 Å². The van der Waals surface area contributed by atoms with Gasteiger partial charge in [0.1, 0.15) is 11.5 Å². The Hall–Kier alpha value is -4.58. The van der Waals surface area contributed by atoms with Crippen molar-refractivity contribution in [3.05, 3.63) is 131 Å². The molecule has 4 aromatic carbocycles. The van der Waals surface area contributed by atoms with Crippen LogP contribution in [-0.2, 0) is 33.5 Å². The largest absolute Gasteiger partial charge is 0.497 e. The molecular weight excluding hydrogens is 524 g/mol. The van der Waals surface area contributed by atoms with Crippen LogP contribution in [-0.4, -0.2) is 48.9 Å². The Labute approximate surface area is 247 Å². The van der Waals surface area contributed by atoms with Crippen molar-refractivity contribution in [2.24, 2.45) is 0 Å². The lowest BCUT2D eigenvalue weighted by molar-refractivity contribution is -0.144. The summed E-state index contributed by atoms with van der Waals surface area (Å²) in [5, 5.41) is 0. The van der Waals surface area contributed by atoms with Gasteiger partial charge in [0.2, 0.25) is 11.8 Å². The Balaban J connectivity index is 1.43. The highest BCUT2D eigenvalue weighted by Gasteiger charge is 2.68. The zero-order chi connectivity index (χ0) is 29.2. The van der Waals surface area contributed by atoms with E-state index in [2.05, 4.69) is 0 Å². The Morgan fingerprint density at radius 3 is 1.24 bits per heavy atom. The van der Waals surface area contributed by atoms with Crippen LogP contribution < -0.4 is 9.47 Å². The number of rotatable bonds is 9. The van der Waals surface area contributed by atoms with Gasteiger partial charge in [0.25, 0.3) is 0 Å². The fourth-order valence-corrected chi connectivity index (χ4v) is 7.03. The molecule has 2 heterocycles. The van der Waals surface area contributed by atoms with Gasteiger partial charge in [-0.1, -0.05) is 84.9 Å². The molecule has 2 atom stereocenters. The first-order chi connectivity index (χ1) is 20.5. The number of ether oxygens (including phenoxy) is 2. The lowest BCUT2D eigenvalue weighted by atomic mass is 9.55. The highest BCUT2D eigenvalue weighted by Crippen LogP contribution is 2.56. The minimum absolute atomic E-state index is 0.00742. The van der Waals surface area contributed by atoms with E-state index in [0.29, 0.717) is 39.0 Å². The summed E-state index contributed by atoms with van der Waals surface area (Å²) in [4.78, 5) is 33.7. The van der Waals surface area contributed by atoms with Gasteiger partial charge in [-0.3, -0.25) is 9.59 Å². The molecule has 0 bridgehead atoms. The third-order valence-corrected chi connectivity index (χ3v) is 9.14. The normalized spacial score (nSPS) is 22.0. The Bertz CT molecular complexity index is 1420. The first-order valence-electron chi connectivity index (χ1n) is 14.5. The highest BCUT2D eigenvalue weighted by atomic mass is 16.5. The molecular formula is C36H36N2O4. The summed E-state index contributed by atoms with van der Waals surface area (Å²) in [6.07, 6.45) is 1.12. The van der Waals surface area contributed by atoms with Gasteiger partial charge in [0.15, 0.2) is 0 Å². The fraction of sp³-hybridized carbons (Fsp3) is 0.278. The van der Waals surface area contributed by atoms with E-state index in [0.717, 1.165) is 33.8 Å². The molecule has 214 valence electrons. The Morgan fingerprint density at radius 1 is 0.548 bits per heavy atom. The minimum Gasteiger partial charge on any atom is -0.497 e. The molecule has 2 aliphatic rings. The highest BCUT2D eigenvalue weighted by molar-refractivity contribution is 6.03. The topological polar surface area (TPSA) is 59.1 Å². The molecule has 6 heteroatoms. The summed E-state index contributed by atoms with van der Waals surface area (Å²) in [6, 6.07) is 35.6. The van der Waals surface area contributed by atoms with E-state index in [9.17, 15) is 9.59 Å². The summed E-state index contributed by atoms with van der Waals surface area (Å²) in [5.41, 5.74) is 1.79. The van der Waals surface area contributed by atoms with Crippen LogP contribution in [0.2, 0.25) is 0 Å². The molecule has 0 unspecified atom stereocenters. The van der Waals surface area contributed by atoms with Crippen LogP contribution in [0.3, 0.4) is 0 Å². The van der Waals surface area contributed by atoms with Crippen molar-refractivity contribution < 1.29 is 19.1 Å². The molecule has 0 spiro atoms. The van der Waals surface area contributed by atoms with E-state index >= 15 is 0 Å². The van der Waals surface area contributed by atoms with Gasteiger partial charge in [-0.25, -0.2) is 0 Å². The number of amides is 2. The quantitative estimate of drug-likeness (QED) is 0.262. The lowest BCUT2D eigenvalue weighted by Crippen LogP contribution is -2.58. The molecule has 6 nitrogen and oxygen atoms in total. The summed E-state index contributed by atoms with van der Waals surface area (Å²) >= 11 is 0. The SMILES string of the molecule is COc1ccc(CN2CC[C@](c3ccccc3)([C@@]3(c4ccccc4)CCN(Cc4ccc(OC)cc4)C3=O)C2=O)cc1. The minimum atomic E-state index is -1.03. The number of hydrogen-bond donors (Lipinski definition) is 0. The summed E-state index contributed by atoms with van der Waals surface area (Å²) in [7, 11) is 3.29. The van der Waals surface area contributed by atoms with Crippen molar-refractivity contribution in [3.63, 3.8) is 0 Å². The smallest absolute Gasteiger partial charge is 0.235 e. The number of nitrogens with zero attached hydrogens (tertiary/aromatic N) is 2. The van der Waals surface area contributed by atoms with Crippen molar-refractivity contribution >= 4 is 11.8 Å². The van der Waals surface area contributed by atoms with Gasteiger partial charge < -0.3 is 19.3 Å². The molecule has 2 fully saturated rings. The maximum atomic E-state index is 14.9. The zero-order valence-corrected chi connectivity index (χ0v) is 24.2. The van der Waals surface area contributed by atoms with Gasteiger partial charge in [-0.15, -0.1) is 0 Å². The van der Waals surface area contributed by atoms with Gasteiger partial charge in [0.05, 0.1) is 25.0 Å². The molecule has 0 saturated carbocycles. The van der Waals surface area contributed by atoms with E-state index in [4.69, 9.17) is 9.47 Å². The van der Waals surface area contributed by atoms with E-state index in [1.54, 1.807) is 14.2 Å². The second-order valence-corrected chi connectivity index (χ2v) is 11.2. The number of likely N-dealkylation sites (tertiary alicyclic amines) is 2. The molecule has 2 amide bonds. The third kappa shape index (κ3) is 4.51. The fourth-order valence-electron chi connectivity index (χ4n) is 7.03. The van der Waals surface area contributed by atoms with Gasteiger partial charge >= 0.3 is 0 Å². The van der Waals surface area contributed by atoms with Crippen LogP contribution in [0.4, 0.5) is 0 Å². The number of methoxy groups -OCH3 is 2. The van der Waals surface area contributed by atoms with Gasteiger partial charge in [0, 0.05) is 26.2 Å². The Morgan fingerprint density at radius 2 is 0.905 bits per heavy atom. The average molecular weight is 561 g/mol. The van der Waals surface area contributed by atoms with Crippen LogP contribution in [0.25, 0.3) is 0 Å². The molecule has 2 saturated heterocycles. The van der Waals surface area contributed by atoms with Crippen molar-refractivity contribution in [1.82, 2.24) is 9.80 Å². The third-order valence-electron chi connectivity index (χ3n) is 9.14. The van der Waals surface area contributed by atoms with Crippen molar-refractivity contribution in [1.29, 1.82) is 0 Å². The number of benzene rings is 4. The Kier molecular flexibility index (Phi) is 7.46. The molecule has 2 aliphatic heterocycles. The lowest BCUT2D eigenvalue weighted by Gasteiger charge is -2.44. The van der Waals surface area contributed by atoms with Crippen LogP contribution in [0, 0.1) is 0 Å². The molecule has 4 aromatic rings. The molecule has 0 N–H and O–H groups in total. The van der Waals surface area contributed by atoms with E-state index in [-0.39, 0.29) is 11.8 Å². The zero-order valence-electron chi connectivity index (χ0n) is 24.2. The molecule has 6 rings (SSSR count). The number of carbonyl (C=O) groups excluding carboxylic acids is 2. The second kappa shape index (κ2) is 11.4. The predicted molar refractivity (Wildman–Crippen MR) is 162 cm³/mol. The van der Waals surface area contributed by atoms with Crippen LogP contribution >= 0.6 is 0 Å². The predicted octanol–water partition coefficient (Wildman–Crippen LogP) is 5.74. The molecule has 0 radical (unpaired) electrons. The van der Waals surface area contributed by atoms with Gasteiger partial charge in [-0.2, -0.15) is 0 Å². The molecule has 42 heavy (non-hydrogen) atoms. The molecule has 0 aliphatic carbocycles. The van der Waals surface area contributed by atoms with Crippen LogP contribution in [0.15, 0.2) is 109 Å². The summed E-state index contributed by atoms with van der Waals surface area (Å²) < 4.78 is 10.7. The number of carbonyl (C=O) groups is 2. The van der Waals surface area contributed by atoms with Crippen molar-refractivity contribution in [2.75, 3.05) is 27.3 Å². The van der Waals surface area contributed by atoms with Crippen LogP contribution in [0.1, 0.15) is 35.1 Å². The first kappa shape index (κ1) is 27.6. The van der Waals surface area contributed by atoms with E-state index < -0.39 is 10.8 Å². The van der Waals surface area contributed by atoms with Gasteiger partial charge in [-0.05, 0) is 59.4 Å². The van der Waals surface area contributed by atoms with E-state index in [1.807, 2.05) is 119 Å². The summed E-state index contributed by atoms with van der Waals surface area (Å²) in [5.74, 6) is 1.57. The first-order valence-corrected chi connectivity index (χ1v) is 14.5. The van der Waals surface area contributed by atoms with Crippen LogP contribution in [0.5, 0.6) is 11.5 Å². The maximum absolute atomic E-state index is 14.9. The van der Waals surface area contributed by atoms with Crippen molar-refractivity contribution in [3.8, 4) is 11.5 Å².